The Kier molecular flexibility index (Phi) is 4.80. The number of amides is 1. The molecule has 0 aliphatic rings. The van der Waals surface area contributed by atoms with Crippen molar-refractivity contribution in [2.75, 3.05) is 5.32 Å². The number of carbonyl (C=O) groups is 1. The Morgan fingerprint density at radius 3 is 2.75 bits per heavy atom. The molecule has 0 spiro atoms. The van der Waals surface area contributed by atoms with Crippen LogP contribution in [0.2, 0.25) is 0 Å². The second kappa shape index (κ2) is 7.00. The van der Waals surface area contributed by atoms with E-state index in [9.17, 15) is 4.79 Å². The van der Waals surface area contributed by atoms with Gasteiger partial charge >= 0.3 is 0 Å². The molecule has 1 atom stereocenters. The van der Waals surface area contributed by atoms with Crippen LogP contribution in [0.5, 0.6) is 0 Å². The fourth-order valence-electron chi connectivity index (χ4n) is 2.32. The van der Waals surface area contributed by atoms with Crippen molar-refractivity contribution in [2.45, 2.75) is 37.1 Å². The van der Waals surface area contributed by atoms with Gasteiger partial charge in [-0.25, -0.2) is 9.50 Å². The number of para-hydroxylation sites is 1. The van der Waals surface area contributed by atoms with Gasteiger partial charge in [-0.3, -0.25) is 4.79 Å². The molecule has 0 aliphatic heterocycles. The third kappa shape index (κ3) is 3.56. The van der Waals surface area contributed by atoms with Crippen molar-refractivity contribution in [3.05, 3.63) is 48.3 Å². The number of hydrogen-bond donors (Lipinski definition) is 1. The first-order chi connectivity index (χ1) is 11.5. The van der Waals surface area contributed by atoms with Gasteiger partial charge in [-0.1, -0.05) is 43.8 Å². The highest BCUT2D eigenvalue weighted by Gasteiger charge is 2.19. The fraction of sp³-hybridized carbons (Fsp3) is 0.294. The molecule has 2 heterocycles. The third-order valence-corrected chi connectivity index (χ3v) is 4.54. The lowest BCUT2D eigenvalue weighted by Gasteiger charge is -2.15. The van der Waals surface area contributed by atoms with Crippen LogP contribution >= 0.6 is 11.8 Å². The first-order valence-corrected chi connectivity index (χ1v) is 8.66. The number of rotatable bonds is 5. The third-order valence-electron chi connectivity index (χ3n) is 3.59. The molecule has 0 saturated heterocycles. The van der Waals surface area contributed by atoms with E-state index in [0.29, 0.717) is 16.9 Å². The molecule has 0 radical (unpaired) electrons. The lowest BCUT2D eigenvalue weighted by Crippen LogP contribution is -2.23. The minimum Gasteiger partial charge on any atom is -0.325 e. The summed E-state index contributed by atoms with van der Waals surface area (Å²) in [4.78, 5) is 20.9. The zero-order valence-corrected chi connectivity index (χ0v) is 14.6. The van der Waals surface area contributed by atoms with Gasteiger partial charge in [0.1, 0.15) is 0 Å². The highest BCUT2D eigenvalue weighted by molar-refractivity contribution is 8.00. The number of nitrogens with one attached hydrogen (secondary N) is 1. The molecule has 0 aliphatic carbocycles. The van der Waals surface area contributed by atoms with Crippen LogP contribution in [-0.4, -0.2) is 30.7 Å². The second-order valence-corrected chi connectivity index (χ2v) is 7.06. The van der Waals surface area contributed by atoms with E-state index in [4.69, 9.17) is 0 Å². The second-order valence-electron chi connectivity index (χ2n) is 5.75. The van der Waals surface area contributed by atoms with E-state index in [1.54, 1.807) is 23.0 Å². The molecule has 3 rings (SSSR count). The number of carbonyl (C=O) groups excluding carboxylic acids is 1. The van der Waals surface area contributed by atoms with Gasteiger partial charge in [-0.15, -0.1) is 5.10 Å². The van der Waals surface area contributed by atoms with Crippen LogP contribution in [0, 0.1) is 0 Å². The van der Waals surface area contributed by atoms with Crippen LogP contribution in [0.1, 0.15) is 32.3 Å². The number of anilines is 1. The van der Waals surface area contributed by atoms with Crippen molar-refractivity contribution in [3.63, 3.8) is 0 Å². The van der Waals surface area contributed by atoms with Crippen molar-refractivity contribution in [3.8, 4) is 0 Å². The molecule has 0 unspecified atom stereocenters. The van der Waals surface area contributed by atoms with Crippen molar-refractivity contribution in [2.24, 2.45) is 0 Å². The quantitative estimate of drug-likeness (QED) is 0.720. The van der Waals surface area contributed by atoms with E-state index in [0.717, 1.165) is 11.3 Å². The lowest BCUT2D eigenvalue weighted by molar-refractivity contribution is -0.115. The van der Waals surface area contributed by atoms with Crippen LogP contribution in [0.3, 0.4) is 0 Å². The maximum atomic E-state index is 12.5. The SMILES string of the molecule is CC(C)c1ccccc1NC(=O)[C@@H](C)Sc1nc2ncccn2n1. The summed E-state index contributed by atoms with van der Waals surface area (Å²) in [6.07, 6.45) is 3.44. The minimum absolute atomic E-state index is 0.0695. The number of fused-ring (bicyclic) bond motifs is 1. The average molecular weight is 341 g/mol. The van der Waals surface area contributed by atoms with E-state index >= 15 is 0 Å². The van der Waals surface area contributed by atoms with E-state index in [1.807, 2.05) is 31.2 Å². The Balaban J connectivity index is 1.71. The van der Waals surface area contributed by atoms with Crippen LogP contribution in [-0.2, 0) is 4.79 Å². The number of benzene rings is 1. The number of hydrogen-bond acceptors (Lipinski definition) is 5. The Labute approximate surface area is 144 Å². The monoisotopic (exact) mass is 341 g/mol. The molecule has 7 heteroatoms. The first-order valence-electron chi connectivity index (χ1n) is 7.78. The Morgan fingerprint density at radius 1 is 1.21 bits per heavy atom. The predicted molar refractivity (Wildman–Crippen MR) is 95.3 cm³/mol. The fourth-order valence-corrected chi connectivity index (χ4v) is 3.08. The Morgan fingerprint density at radius 2 is 2.00 bits per heavy atom. The standard InChI is InChI=1S/C17H19N5OS/c1-11(2)13-7-4-5-8-14(13)19-15(23)12(3)24-17-20-16-18-9-6-10-22(16)21-17/h4-12H,1-3H3,(H,19,23)/t12-/m1/s1. The van der Waals surface area contributed by atoms with Gasteiger partial charge < -0.3 is 5.32 Å². The normalized spacial score (nSPS) is 12.5. The van der Waals surface area contributed by atoms with Crippen LogP contribution < -0.4 is 5.32 Å². The van der Waals surface area contributed by atoms with Crippen LogP contribution in [0.25, 0.3) is 5.78 Å². The molecule has 1 aromatic carbocycles. The highest BCUT2D eigenvalue weighted by atomic mass is 32.2. The molecule has 1 N–H and O–H groups in total. The molecule has 0 bridgehead atoms. The molecule has 0 saturated carbocycles. The van der Waals surface area contributed by atoms with Crippen molar-refractivity contribution in [1.29, 1.82) is 0 Å². The highest BCUT2D eigenvalue weighted by Crippen LogP contribution is 2.26. The summed E-state index contributed by atoms with van der Waals surface area (Å²) in [7, 11) is 0. The molecule has 24 heavy (non-hydrogen) atoms. The molecule has 3 aromatic rings. The van der Waals surface area contributed by atoms with Gasteiger partial charge in [0.05, 0.1) is 5.25 Å². The number of aromatic nitrogens is 4. The van der Waals surface area contributed by atoms with E-state index in [2.05, 4.69) is 34.2 Å². The first kappa shape index (κ1) is 16.4. The molecular formula is C17H19N5OS. The largest absolute Gasteiger partial charge is 0.325 e. The molecule has 6 nitrogen and oxygen atoms in total. The topological polar surface area (TPSA) is 72.2 Å². The molecule has 2 aromatic heterocycles. The molecular weight excluding hydrogens is 322 g/mol. The van der Waals surface area contributed by atoms with Crippen LogP contribution in [0.15, 0.2) is 47.9 Å². The van der Waals surface area contributed by atoms with Gasteiger partial charge in [-0.05, 0) is 30.5 Å². The van der Waals surface area contributed by atoms with Gasteiger partial charge in [0.15, 0.2) is 0 Å². The zero-order valence-electron chi connectivity index (χ0n) is 13.8. The average Bonchev–Trinajstić information content (AvgIpc) is 2.97. The zero-order chi connectivity index (χ0) is 17.1. The number of nitrogens with zero attached hydrogens (tertiary/aromatic N) is 4. The van der Waals surface area contributed by atoms with E-state index in [-0.39, 0.29) is 11.2 Å². The Hall–Kier alpha value is -2.41. The minimum atomic E-state index is -0.317. The molecule has 1 amide bonds. The van der Waals surface area contributed by atoms with Crippen molar-refractivity contribution >= 4 is 29.1 Å². The summed E-state index contributed by atoms with van der Waals surface area (Å²) < 4.78 is 1.60. The summed E-state index contributed by atoms with van der Waals surface area (Å²) in [5.74, 6) is 0.799. The van der Waals surface area contributed by atoms with Crippen LogP contribution in [0.4, 0.5) is 5.69 Å². The van der Waals surface area contributed by atoms with Gasteiger partial charge in [0, 0.05) is 18.1 Å². The summed E-state index contributed by atoms with van der Waals surface area (Å²) in [5, 5.41) is 7.54. The smallest absolute Gasteiger partial charge is 0.253 e. The number of thioether (sulfide) groups is 1. The van der Waals surface area contributed by atoms with Crippen molar-refractivity contribution < 1.29 is 4.79 Å². The predicted octanol–water partition coefficient (Wildman–Crippen LogP) is 3.37. The van der Waals surface area contributed by atoms with Gasteiger partial charge in [0.25, 0.3) is 5.78 Å². The lowest BCUT2D eigenvalue weighted by atomic mass is 10.0. The van der Waals surface area contributed by atoms with Crippen molar-refractivity contribution in [1.82, 2.24) is 19.6 Å². The maximum absolute atomic E-state index is 12.5. The van der Waals surface area contributed by atoms with E-state index < -0.39 is 0 Å². The van der Waals surface area contributed by atoms with Gasteiger partial charge in [-0.2, -0.15) is 4.98 Å². The molecule has 0 fully saturated rings. The maximum Gasteiger partial charge on any atom is 0.253 e. The van der Waals surface area contributed by atoms with Gasteiger partial charge in [0.2, 0.25) is 11.1 Å². The summed E-state index contributed by atoms with van der Waals surface area (Å²) >= 11 is 1.32. The summed E-state index contributed by atoms with van der Waals surface area (Å²) in [5.41, 5.74) is 1.98. The summed E-state index contributed by atoms with van der Waals surface area (Å²) in [6, 6.07) is 9.66. The Bertz CT molecular complexity index is 828. The summed E-state index contributed by atoms with van der Waals surface area (Å²) in [6.45, 7) is 6.06. The molecule has 124 valence electrons. The van der Waals surface area contributed by atoms with E-state index in [1.165, 1.54) is 11.8 Å².